The van der Waals surface area contributed by atoms with Gasteiger partial charge in [0, 0.05) is 12.5 Å². The van der Waals surface area contributed by atoms with Crippen molar-refractivity contribution in [2.45, 2.75) is 25.8 Å². The Morgan fingerprint density at radius 3 is 2.57 bits per heavy atom. The molecule has 1 saturated heterocycles. The Morgan fingerprint density at radius 2 is 1.83 bits per heavy atom. The van der Waals surface area contributed by atoms with Crippen molar-refractivity contribution < 1.29 is 9.53 Å². The molecule has 1 aliphatic rings. The van der Waals surface area contributed by atoms with Gasteiger partial charge in [-0.25, -0.2) is 0 Å². The number of rotatable bonds is 5. The van der Waals surface area contributed by atoms with E-state index < -0.39 is 0 Å². The molecular weight excluding hydrogens is 286 g/mol. The van der Waals surface area contributed by atoms with Crippen molar-refractivity contribution in [3.63, 3.8) is 0 Å². The van der Waals surface area contributed by atoms with Crippen molar-refractivity contribution in [1.29, 1.82) is 0 Å². The number of likely N-dealkylation sites (tertiary alicyclic amines) is 1. The number of methoxy groups -OCH3 is 1. The summed E-state index contributed by atoms with van der Waals surface area (Å²) in [5.74, 6) is 1.18. The minimum Gasteiger partial charge on any atom is -0.496 e. The molecule has 3 heteroatoms. The zero-order valence-electron chi connectivity index (χ0n) is 13.7. The smallest absolute Gasteiger partial charge is 0.226 e. The molecule has 2 atom stereocenters. The van der Waals surface area contributed by atoms with E-state index in [-0.39, 0.29) is 17.9 Å². The molecule has 23 heavy (non-hydrogen) atoms. The van der Waals surface area contributed by atoms with Gasteiger partial charge in [0.2, 0.25) is 5.91 Å². The molecule has 2 aromatic rings. The second-order valence-corrected chi connectivity index (χ2v) is 6.12. The first-order valence-corrected chi connectivity index (χ1v) is 8.18. The fraction of sp³-hybridized carbons (Fsp3) is 0.350. The molecule has 0 unspecified atom stereocenters. The molecular formula is C20H23NO2. The average Bonchev–Trinajstić information content (AvgIpc) is 2.96. The third-order valence-electron chi connectivity index (χ3n) is 4.76. The normalized spacial score (nSPS) is 19.0. The largest absolute Gasteiger partial charge is 0.496 e. The molecule has 3 nitrogen and oxygen atoms in total. The third kappa shape index (κ3) is 3.24. The van der Waals surface area contributed by atoms with Crippen LogP contribution in [0.2, 0.25) is 0 Å². The van der Waals surface area contributed by atoms with E-state index in [4.69, 9.17) is 4.74 Å². The first-order chi connectivity index (χ1) is 11.2. The van der Waals surface area contributed by atoms with Crippen LogP contribution in [0.25, 0.3) is 0 Å². The SMILES string of the molecule is COc1ccccc1C[C@H]1CCN([C@H](C)c2ccccc2)C1=O. The molecule has 0 N–H and O–H groups in total. The summed E-state index contributed by atoms with van der Waals surface area (Å²) < 4.78 is 5.41. The van der Waals surface area contributed by atoms with Crippen molar-refractivity contribution in [2.24, 2.45) is 5.92 Å². The summed E-state index contributed by atoms with van der Waals surface area (Å²) in [6.07, 6.45) is 1.66. The van der Waals surface area contributed by atoms with Crippen molar-refractivity contribution in [2.75, 3.05) is 13.7 Å². The Hall–Kier alpha value is -2.29. The highest BCUT2D eigenvalue weighted by Crippen LogP contribution is 2.32. The van der Waals surface area contributed by atoms with Gasteiger partial charge in [0.15, 0.2) is 0 Å². The van der Waals surface area contributed by atoms with Gasteiger partial charge in [-0.2, -0.15) is 0 Å². The van der Waals surface area contributed by atoms with Crippen LogP contribution < -0.4 is 4.74 Å². The summed E-state index contributed by atoms with van der Waals surface area (Å²) in [7, 11) is 1.68. The Balaban J connectivity index is 1.72. The number of ether oxygens (including phenoxy) is 1. The minimum absolute atomic E-state index is 0.0532. The number of amides is 1. The van der Waals surface area contributed by atoms with E-state index in [1.54, 1.807) is 7.11 Å². The van der Waals surface area contributed by atoms with Gasteiger partial charge in [0.25, 0.3) is 0 Å². The zero-order chi connectivity index (χ0) is 16.2. The van der Waals surface area contributed by atoms with E-state index in [0.29, 0.717) is 0 Å². The highest BCUT2D eigenvalue weighted by Gasteiger charge is 2.35. The van der Waals surface area contributed by atoms with E-state index in [1.165, 1.54) is 5.56 Å². The molecule has 0 aromatic heterocycles. The van der Waals surface area contributed by atoms with Gasteiger partial charge in [-0.15, -0.1) is 0 Å². The summed E-state index contributed by atoms with van der Waals surface area (Å²) in [6, 6.07) is 18.3. The molecule has 1 amide bonds. The molecule has 0 aliphatic carbocycles. The number of nitrogens with zero attached hydrogens (tertiary/aromatic N) is 1. The molecule has 0 spiro atoms. The molecule has 120 valence electrons. The fourth-order valence-electron chi connectivity index (χ4n) is 3.39. The Morgan fingerprint density at radius 1 is 1.13 bits per heavy atom. The van der Waals surface area contributed by atoms with Crippen LogP contribution in [-0.2, 0) is 11.2 Å². The van der Waals surface area contributed by atoms with Crippen molar-refractivity contribution in [1.82, 2.24) is 4.90 Å². The number of para-hydroxylation sites is 1. The number of benzene rings is 2. The van der Waals surface area contributed by atoms with Gasteiger partial charge >= 0.3 is 0 Å². The lowest BCUT2D eigenvalue weighted by molar-refractivity contribution is -0.132. The first kappa shape index (κ1) is 15.6. The van der Waals surface area contributed by atoms with Crippen molar-refractivity contribution >= 4 is 5.91 Å². The monoisotopic (exact) mass is 309 g/mol. The Bertz CT molecular complexity index is 668. The van der Waals surface area contributed by atoms with E-state index in [9.17, 15) is 4.79 Å². The van der Waals surface area contributed by atoms with Crippen LogP contribution in [0.3, 0.4) is 0 Å². The van der Waals surface area contributed by atoms with Crippen LogP contribution in [0.1, 0.15) is 30.5 Å². The molecule has 0 bridgehead atoms. The lowest BCUT2D eigenvalue weighted by Crippen LogP contribution is -2.30. The number of hydrogen-bond donors (Lipinski definition) is 0. The standard InChI is InChI=1S/C20H23NO2/c1-15(16-8-4-3-5-9-16)21-13-12-18(20(21)22)14-17-10-6-7-11-19(17)23-2/h3-11,15,18H,12-14H2,1-2H3/t15-,18-/m1/s1. The van der Waals surface area contributed by atoms with Gasteiger partial charge in [-0.05, 0) is 37.0 Å². The van der Waals surface area contributed by atoms with Crippen molar-refractivity contribution in [3.05, 3.63) is 65.7 Å². The Labute approximate surface area is 137 Å². The molecule has 1 heterocycles. The molecule has 0 radical (unpaired) electrons. The maximum absolute atomic E-state index is 12.8. The van der Waals surface area contributed by atoms with Crippen LogP contribution >= 0.6 is 0 Å². The minimum atomic E-state index is 0.0532. The summed E-state index contributed by atoms with van der Waals surface area (Å²) in [4.78, 5) is 14.8. The lowest BCUT2D eigenvalue weighted by atomic mass is 9.97. The molecule has 1 aliphatic heterocycles. The van der Waals surface area contributed by atoms with Crippen molar-refractivity contribution in [3.8, 4) is 5.75 Å². The van der Waals surface area contributed by atoms with Gasteiger partial charge in [0.05, 0.1) is 13.2 Å². The van der Waals surface area contributed by atoms with E-state index >= 15 is 0 Å². The maximum atomic E-state index is 12.8. The molecule has 0 saturated carbocycles. The zero-order valence-corrected chi connectivity index (χ0v) is 13.7. The van der Waals surface area contributed by atoms with Crippen LogP contribution in [0.4, 0.5) is 0 Å². The van der Waals surface area contributed by atoms with Crippen LogP contribution in [0.5, 0.6) is 5.75 Å². The van der Waals surface area contributed by atoms with E-state index in [1.807, 2.05) is 41.3 Å². The topological polar surface area (TPSA) is 29.5 Å². The van der Waals surface area contributed by atoms with Gasteiger partial charge in [0.1, 0.15) is 5.75 Å². The quantitative estimate of drug-likeness (QED) is 0.839. The predicted octanol–water partition coefficient (Wildman–Crippen LogP) is 3.85. The van der Waals surface area contributed by atoms with Crippen LogP contribution in [0.15, 0.2) is 54.6 Å². The molecule has 2 aromatic carbocycles. The molecule has 1 fully saturated rings. The summed E-state index contributed by atoms with van der Waals surface area (Å²) >= 11 is 0. The average molecular weight is 309 g/mol. The number of carbonyl (C=O) groups excluding carboxylic acids is 1. The second-order valence-electron chi connectivity index (χ2n) is 6.12. The van der Waals surface area contributed by atoms with E-state index in [0.717, 1.165) is 30.7 Å². The lowest BCUT2D eigenvalue weighted by Gasteiger charge is -2.25. The highest BCUT2D eigenvalue weighted by atomic mass is 16.5. The predicted molar refractivity (Wildman–Crippen MR) is 91.4 cm³/mol. The Kier molecular flexibility index (Phi) is 4.65. The first-order valence-electron chi connectivity index (χ1n) is 8.18. The van der Waals surface area contributed by atoms with Crippen LogP contribution in [0, 0.1) is 5.92 Å². The second kappa shape index (κ2) is 6.86. The number of hydrogen-bond acceptors (Lipinski definition) is 2. The summed E-state index contributed by atoms with van der Waals surface area (Å²) in [5, 5.41) is 0. The van der Waals surface area contributed by atoms with Gasteiger partial charge in [-0.1, -0.05) is 48.5 Å². The highest BCUT2D eigenvalue weighted by molar-refractivity contribution is 5.81. The third-order valence-corrected chi connectivity index (χ3v) is 4.76. The number of carbonyl (C=O) groups is 1. The fourth-order valence-corrected chi connectivity index (χ4v) is 3.39. The summed E-state index contributed by atoms with van der Waals surface area (Å²) in [5.41, 5.74) is 2.31. The van der Waals surface area contributed by atoms with Gasteiger partial charge in [-0.3, -0.25) is 4.79 Å². The van der Waals surface area contributed by atoms with Crippen LogP contribution in [-0.4, -0.2) is 24.5 Å². The van der Waals surface area contributed by atoms with Gasteiger partial charge < -0.3 is 9.64 Å². The maximum Gasteiger partial charge on any atom is 0.226 e. The molecule has 3 rings (SSSR count). The van der Waals surface area contributed by atoms with E-state index in [2.05, 4.69) is 25.1 Å². The summed E-state index contributed by atoms with van der Waals surface area (Å²) in [6.45, 7) is 2.94.